The number of nitrogens with two attached hydrogens (primary N) is 1. The summed E-state index contributed by atoms with van der Waals surface area (Å²) in [5.41, 5.74) is 8.12. The van der Waals surface area contributed by atoms with E-state index in [9.17, 15) is 9.90 Å². The third-order valence-electron chi connectivity index (χ3n) is 4.97. The van der Waals surface area contributed by atoms with E-state index >= 15 is 0 Å². The summed E-state index contributed by atoms with van der Waals surface area (Å²) in [6.07, 6.45) is 4.79. The molecule has 0 fully saturated rings. The number of aromatic amines is 1. The highest BCUT2D eigenvalue weighted by molar-refractivity contribution is 6.35. The Kier molecular flexibility index (Phi) is 4.68. The SMILES string of the molecule is NC1=CC=CC(Cl)(C(=O)O)C1.Oc1ccc2ccc3c4ccccc4[nH]c3c2c1. The lowest BCUT2D eigenvalue weighted by Gasteiger charge is -2.20. The molecule has 1 heterocycles. The molecular formula is C23H19ClN2O3. The molecule has 5 rings (SSSR count). The number of alkyl halides is 1. The number of hydrogen-bond acceptors (Lipinski definition) is 3. The Labute approximate surface area is 171 Å². The molecule has 0 bridgehead atoms. The van der Waals surface area contributed by atoms with E-state index < -0.39 is 10.8 Å². The Morgan fingerprint density at radius 3 is 2.55 bits per heavy atom. The van der Waals surface area contributed by atoms with E-state index in [1.807, 2.05) is 24.3 Å². The molecule has 3 aromatic carbocycles. The predicted molar refractivity (Wildman–Crippen MR) is 117 cm³/mol. The van der Waals surface area contributed by atoms with Gasteiger partial charge in [0.05, 0.1) is 5.52 Å². The first-order valence-corrected chi connectivity index (χ1v) is 9.43. The molecule has 0 radical (unpaired) electrons. The van der Waals surface area contributed by atoms with Gasteiger partial charge in [-0.1, -0.05) is 48.6 Å². The number of phenolic OH excluding ortho intramolecular Hbond substituents is 1. The number of carboxylic acids is 1. The van der Waals surface area contributed by atoms with Crippen LogP contribution in [0.15, 0.2) is 78.5 Å². The van der Waals surface area contributed by atoms with Crippen LogP contribution in [0.2, 0.25) is 0 Å². The smallest absolute Gasteiger partial charge is 0.329 e. The molecule has 5 N–H and O–H groups in total. The van der Waals surface area contributed by atoms with Crippen molar-refractivity contribution in [2.75, 3.05) is 0 Å². The number of benzene rings is 3. The van der Waals surface area contributed by atoms with Crippen molar-refractivity contribution in [3.05, 3.63) is 78.5 Å². The fourth-order valence-electron chi connectivity index (χ4n) is 3.51. The zero-order valence-corrected chi connectivity index (χ0v) is 16.1. The number of fused-ring (bicyclic) bond motifs is 5. The maximum absolute atomic E-state index is 10.6. The number of aromatic hydroxyl groups is 1. The van der Waals surface area contributed by atoms with Crippen molar-refractivity contribution in [3.63, 3.8) is 0 Å². The van der Waals surface area contributed by atoms with Gasteiger partial charge in [-0.25, -0.2) is 4.79 Å². The third kappa shape index (κ3) is 3.52. The molecule has 0 aliphatic heterocycles. The molecule has 0 amide bonds. The van der Waals surface area contributed by atoms with Crippen molar-refractivity contribution < 1.29 is 15.0 Å². The van der Waals surface area contributed by atoms with E-state index in [4.69, 9.17) is 22.4 Å². The van der Waals surface area contributed by atoms with Gasteiger partial charge in [-0.15, -0.1) is 11.6 Å². The lowest BCUT2D eigenvalue weighted by Crippen LogP contribution is -2.33. The number of rotatable bonds is 1. The molecular weight excluding hydrogens is 388 g/mol. The molecule has 0 saturated heterocycles. The van der Waals surface area contributed by atoms with Crippen molar-refractivity contribution in [1.82, 2.24) is 4.98 Å². The second-order valence-corrected chi connectivity index (χ2v) is 7.68. The second kappa shape index (κ2) is 7.18. The van der Waals surface area contributed by atoms with Crippen LogP contribution in [0.4, 0.5) is 0 Å². The standard InChI is InChI=1S/C16H11NO.C7H8ClNO2/c18-11-7-5-10-6-8-13-12-3-1-2-4-15(12)17-16(13)14(10)9-11;8-7(6(10)11)3-1-2-5(9)4-7/h1-9,17-18H;1-3H,4,9H2,(H,10,11). The van der Waals surface area contributed by atoms with E-state index in [2.05, 4.69) is 29.2 Å². The van der Waals surface area contributed by atoms with Crippen LogP contribution in [-0.4, -0.2) is 26.0 Å². The third-order valence-corrected chi connectivity index (χ3v) is 5.39. The number of halogens is 1. The van der Waals surface area contributed by atoms with E-state index in [0.717, 1.165) is 21.8 Å². The van der Waals surface area contributed by atoms with Crippen molar-refractivity contribution in [3.8, 4) is 5.75 Å². The van der Waals surface area contributed by atoms with E-state index in [1.54, 1.807) is 18.2 Å². The number of hydrogen-bond donors (Lipinski definition) is 4. The summed E-state index contributed by atoms with van der Waals surface area (Å²) in [4.78, 5) is 12.7. The lowest BCUT2D eigenvalue weighted by atomic mass is 9.98. The summed E-state index contributed by atoms with van der Waals surface area (Å²) >= 11 is 5.70. The number of H-pyrrole nitrogens is 1. The van der Waals surface area contributed by atoms with Crippen molar-refractivity contribution >= 4 is 50.1 Å². The monoisotopic (exact) mass is 406 g/mol. The van der Waals surface area contributed by atoms with Crippen LogP contribution in [-0.2, 0) is 4.79 Å². The Morgan fingerprint density at radius 1 is 1.07 bits per heavy atom. The van der Waals surface area contributed by atoms with Gasteiger partial charge in [0.25, 0.3) is 0 Å². The fraction of sp³-hybridized carbons (Fsp3) is 0.0870. The minimum atomic E-state index is -1.33. The summed E-state index contributed by atoms with van der Waals surface area (Å²) in [6.45, 7) is 0. The average Bonchev–Trinajstić information content (AvgIpc) is 3.07. The summed E-state index contributed by atoms with van der Waals surface area (Å²) in [5.74, 6) is -0.764. The average molecular weight is 407 g/mol. The first-order chi connectivity index (χ1) is 13.9. The highest BCUT2D eigenvalue weighted by Crippen LogP contribution is 2.32. The number of aliphatic carboxylic acids is 1. The first-order valence-electron chi connectivity index (χ1n) is 9.06. The molecule has 5 nitrogen and oxygen atoms in total. The number of aromatic nitrogens is 1. The summed E-state index contributed by atoms with van der Waals surface area (Å²) < 4.78 is 0. The van der Waals surface area contributed by atoms with Gasteiger partial charge in [-0.05, 0) is 29.7 Å². The summed E-state index contributed by atoms with van der Waals surface area (Å²) in [6, 6.07) is 18.0. The lowest BCUT2D eigenvalue weighted by molar-refractivity contribution is -0.138. The quantitative estimate of drug-likeness (QED) is 0.333. The maximum Gasteiger partial charge on any atom is 0.329 e. The van der Waals surface area contributed by atoms with Crippen molar-refractivity contribution in [2.45, 2.75) is 11.3 Å². The topological polar surface area (TPSA) is 99.3 Å². The Hall–Kier alpha value is -3.44. The van der Waals surface area contributed by atoms with Gasteiger partial charge < -0.3 is 20.9 Å². The first kappa shape index (κ1) is 18.9. The number of para-hydroxylation sites is 1. The van der Waals surface area contributed by atoms with Crippen LogP contribution in [0.3, 0.4) is 0 Å². The molecule has 1 aromatic heterocycles. The Morgan fingerprint density at radius 2 is 1.83 bits per heavy atom. The fourth-order valence-corrected chi connectivity index (χ4v) is 3.74. The molecule has 1 atom stereocenters. The van der Waals surface area contributed by atoms with Crippen LogP contribution < -0.4 is 5.73 Å². The summed E-state index contributed by atoms with van der Waals surface area (Å²) in [5, 5.41) is 22.9. The molecule has 146 valence electrons. The molecule has 6 heteroatoms. The second-order valence-electron chi connectivity index (χ2n) is 7.01. The van der Waals surface area contributed by atoms with Gasteiger partial charge in [0, 0.05) is 33.8 Å². The number of phenols is 1. The van der Waals surface area contributed by atoms with Gasteiger partial charge in [-0.2, -0.15) is 0 Å². The zero-order chi connectivity index (χ0) is 20.6. The van der Waals surface area contributed by atoms with Crippen molar-refractivity contribution in [2.24, 2.45) is 5.73 Å². The molecule has 0 saturated carbocycles. The zero-order valence-electron chi connectivity index (χ0n) is 15.4. The molecule has 29 heavy (non-hydrogen) atoms. The normalized spacial score (nSPS) is 18.4. The van der Waals surface area contributed by atoms with Gasteiger partial charge in [0.2, 0.25) is 0 Å². The van der Waals surface area contributed by atoms with Crippen LogP contribution in [0.25, 0.3) is 32.6 Å². The van der Waals surface area contributed by atoms with Crippen LogP contribution in [0.5, 0.6) is 5.75 Å². The molecule has 1 aliphatic rings. The van der Waals surface area contributed by atoms with Crippen LogP contribution in [0.1, 0.15) is 6.42 Å². The van der Waals surface area contributed by atoms with Gasteiger partial charge in [0.1, 0.15) is 5.75 Å². The highest BCUT2D eigenvalue weighted by Gasteiger charge is 2.34. The molecule has 1 unspecified atom stereocenters. The maximum atomic E-state index is 10.6. The minimum absolute atomic E-state index is 0.167. The van der Waals surface area contributed by atoms with E-state index in [0.29, 0.717) is 11.4 Å². The van der Waals surface area contributed by atoms with Crippen LogP contribution >= 0.6 is 11.6 Å². The van der Waals surface area contributed by atoms with Crippen LogP contribution in [0, 0.1) is 0 Å². The molecule has 0 spiro atoms. The van der Waals surface area contributed by atoms with Gasteiger partial charge in [-0.3, -0.25) is 0 Å². The van der Waals surface area contributed by atoms with Crippen molar-refractivity contribution in [1.29, 1.82) is 0 Å². The predicted octanol–water partition coefficient (Wildman–Crippen LogP) is 5.03. The number of nitrogens with one attached hydrogen (secondary N) is 1. The molecule has 4 aromatic rings. The van der Waals surface area contributed by atoms with Gasteiger partial charge in [0.15, 0.2) is 4.87 Å². The largest absolute Gasteiger partial charge is 0.508 e. The number of allylic oxidation sites excluding steroid dienone is 3. The Bertz CT molecular complexity index is 1310. The number of carboxylic acid groups (broad SMARTS) is 1. The number of carbonyl (C=O) groups is 1. The molecule has 1 aliphatic carbocycles. The Balaban J connectivity index is 0.000000161. The highest BCUT2D eigenvalue weighted by atomic mass is 35.5. The van der Waals surface area contributed by atoms with Gasteiger partial charge >= 0.3 is 5.97 Å². The summed E-state index contributed by atoms with van der Waals surface area (Å²) in [7, 11) is 0. The van der Waals surface area contributed by atoms with E-state index in [1.165, 1.54) is 16.8 Å². The minimum Gasteiger partial charge on any atom is -0.508 e. The van der Waals surface area contributed by atoms with E-state index in [-0.39, 0.29) is 6.42 Å².